The first-order valence-corrected chi connectivity index (χ1v) is 10.4. The Balaban J connectivity index is 1.77. The van der Waals surface area contributed by atoms with Gasteiger partial charge >= 0.3 is 0 Å². The van der Waals surface area contributed by atoms with Crippen LogP contribution in [0.5, 0.6) is 0 Å². The average Bonchev–Trinajstić information content (AvgIpc) is 2.93. The maximum absolute atomic E-state index is 13.0. The standard InChI is InChI=1S/C20H28N4O3S/c1-12-6-7-13-14(8-12)28-18-17(13)19(27)24(11-21-18)10-16(26)23(5)9-15(25)22-20(2,3)4/h11-12H,6-10H2,1-5H3,(H,22,25)/t12-/m0/s1. The van der Waals surface area contributed by atoms with Crippen molar-refractivity contribution >= 4 is 33.4 Å². The predicted molar refractivity (Wildman–Crippen MR) is 111 cm³/mol. The third-order valence-electron chi connectivity index (χ3n) is 4.91. The van der Waals surface area contributed by atoms with Gasteiger partial charge in [0.25, 0.3) is 5.56 Å². The van der Waals surface area contributed by atoms with Gasteiger partial charge in [-0.3, -0.25) is 19.0 Å². The number of amides is 2. The van der Waals surface area contributed by atoms with E-state index in [2.05, 4.69) is 17.2 Å². The summed E-state index contributed by atoms with van der Waals surface area (Å²) in [5.74, 6) is 0.0904. The van der Waals surface area contributed by atoms with Crippen molar-refractivity contribution in [3.05, 3.63) is 27.1 Å². The number of hydrogen-bond acceptors (Lipinski definition) is 5. The number of nitrogens with one attached hydrogen (secondary N) is 1. The molecule has 1 aliphatic rings. The number of likely N-dealkylation sites (N-methyl/N-ethyl adjacent to an activating group) is 1. The normalized spacial score (nSPS) is 16.7. The number of carbonyl (C=O) groups is 2. The van der Waals surface area contributed by atoms with E-state index in [-0.39, 0.29) is 36.0 Å². The molecule has 0 saturated heterocycles. The second-order valence-electron chi connectivity index (χ2n) is 8.76. The maximum atomic E-state index is 13.0. The fourth-order valence-corrected chi connectivity index (χ4v) is 4.85. The van der Waals surface area contributed by atoms with Crippen LogP contribution < -0.4 is 10.9 Å². The Morgan fingerprint density at radius 2 is 2.11 bits per heavy atom. The zero-order valence-corrected chi connectivity index (χ0v) is 18.0. The van der Waals surface area contributed by atoms with Gasteiger partial charge < -0.3 is 10.2 Å². The van der Waals surface area contributed by atoms with Crippen molar-refractivity contribution in [3.8, 4) is 0 Å². The Hall–Kier alpha value is -2.22. The van der Waals surface area contributed by atoms with Crippen LogP contribution in [-0.4, -0.2) is 45.4 Å². The van der Waals surface area contributed by atoms with Crippen molar-refractivity contribution in [3.63, 3.8) is 0 Å². The first-order chi connectivity index (χ1) is 13.0. The molecule has 0 radical (unpaired) electrons. The van der Waals surface area contributed by atoms with Crippen molar-refractivity contribution < 1.29 is 9.59 Å². The van der Waals surface area contributed by atoms with E-state index in [9.17, 15) is 14.4 Å². The lowest BCUT2D eigenvalue weighted by Gasteiger charge is -2.23. The highest BCUT2D eigenvalue weighted by atomic mass is 32.1. The van der Waals surface area contributed by atoms with Gasteiger partial charge in [0.15, 0.2) is 0 Å². The van der Waals surface area contributed by atoms with Crippen LogP contribution in [0.4, 0.5) is 0 Å². The molecule has 0 unspecified atom stereocenters. The highest BCUT2D eigenvalue weighted by molar-refractivity contribution is 7.18. The van der Waals surface area contributed by atoms with E-state index < -0.39 is 0 Å². The fourth-order valence-electron chi connectivity index (χ4n) is 3.51. The Morgan fingerprint density at radius 1 is 1.39 bits per heavy atom. The number of fused-ring (bicyclic) bond motifs is 3. The van der Waals surface area contributed by atoms with Crippen molar-refractivity contribution in [1.82, 2.24) is 19.8 Å². The Morgan fingerprint density at radius 3 is 2.79 bits per heavy atom. The number of hydrogen-bond donors (Lipinski definition) is 1. The predicted octanol–water partition coefficient (Wildman–Crippen LogP) is 1.96. The molecule has 2 amide bonds. The van der Waals surface area contributed by atoms with Gasteiger partial charge in [-0.15, -0.1) is 11.3 Å². The van der Waals surface area contributed by atoms with Gasteiger partial charge in [-0.2, -0.15) is 0 Å². The maximum Gasteiger partial charge on any atom is 0.262 e. The van der Waals surface area contributed by atoms with Crippen molar-refractivity contribution in [2.45, 2.75) is 59.0 Å². The van der Waals surface area contributed by atoms with Gasteiger partial charge in [0, 0.05) is 17.5 Å². The summed E-state index contributed by atoms with van der Waals surface area (Å²) in [6, 6.07) is 0. The van der Waals surface area contributed by atoms with Crippen LogP contribution in [0.25, 0.3) is 10.2 Å². The molecule has 0 spiro atoms. The molecule has 2 heterocycles. The molecule has 3 rings (SSSR count). The average molecular weight is 405 g/mol. The molecule has 0 bridgehead atoms. The van der Waals surface area contributed by atoms with E-state index in [1.165, 1.54) is 20.7 Å². The van der Waals surface area contributed by atoms with Crippen molar-refractivity contribution in [2.24, 2.45) is 5.92 Å². The molecule has 8 heteroatoms. The van der Waals surface area contributed by atoms with Gasteiger partial charge in [-0.1, -0.05) is 6.92 Å². The smallest absolute Gasteiger partial charge is 0.262 e. The molecule has 1 aliphatic carbocycles. The lowest BCUT2D eigenvalue weighted by Crippen LogP contribution is -2.47. The molecule has 1 atom stereocenters. The molecular formula is C20H28N4O3S. The number of thiophene rings is 1. The molecular weight excluding hydrogens is 376 g/mol. The summed E-state index contributed by atoms with van der Waals surface area (Å²) in [5.41, 5.74) is 0.579. The van der Waals surface area contributed by atoms with Crippen molar-refractivity contribution in [1.29, 1.82) is 0 Å². The van der Waals surface area contributed by atoms with Crippen LogP contribution in [0, 0.1) is 5.92 Å². The van der Waals surface area contributed by atoms with E-state index in [4.69, 9.17) is 0 Å². The summed E-state index contributed by atoms with van der Waals surface area (Å²) in [7, 11) is 1.56. The lowest BCUT2D eigenvalue weighted by molar-refractivity contribution is -0.135. The molecule has 1 N–H and O–H groups in total. The minimum Gasteiger partial charge on any atom is -0.350 e. The van der Waals surface area contributed by atoms with Crippen molar-refractivity contribution in [2.75, 3.05) is 13.6 Å². The monoisotopic (exact) mass is 404 g/mol. The number of aromatic nitrogens is 2. The van der Waals surface area contributed by atoms with Crippen LogP contribution in [0.3, 0.4) is 0 Å². The Kier molecular flexibility index (Phi) is 5.61. The fraction of sp³-hybridized carbons (Fsp3) is 0.600. The molecule has 0 aromatic carbocycles. The minimum atomic E-state index is -0.359. The summed E-state index contributed by atoms with van der Waals surface area (Å²) in [6.45, 7) is 7.71. The summed E-state index contributed by atoms with van der Waals surface area (Å²) < 4.78 is 1.36. The molecule has 0 aliphatic heterocycles. The highest BCUT2D eigenvalue weighted by Crippen LogP contribution is 2.35. The highest BCUT2D eigenvalue weighted by Gasteiger charge is 2.24. The summed E-state index contributed by atoms with van der Waals surface area (Å²) in [5, 5.41) is 3.49. The molecule has 28 heavy (non-hydrogen) atoms. The largest absolute Gasteiger partial charge is 0.350 e. The second-order valence-corrected chi connectivity index (χ2v) is 9.84. The molecule has 2 aromatic rings. The Labute approximate surface area is 168 Å². The second kappa shape index (κ2) is 7.66. The lowest BCUT2D eigenvalue weighted by atomic mass is 9.89. The van der Waals surface area contributed by atoms with Crippen LogP contribution >= 0.6 is 11.3 Å². The number of aryl methyl sites for hydroxylation is 1. The van der Waals surface area contributed by atoms with Crippen LogP contribution in [0.2, 0.25) is 0 Å². The SMILES string of the molecule is C[C@H]1CCc2c(sc3ncn(CC(=O)N(C)CC(=O)NC(C)(C)C)c(=O)c23)C1. The number of carbonyl (C=O) groups excluding carboxylic acids is 2. The summed E-state index contributed by atoms with van der Waals surface area (Å²) >= 11 is 1.59. The molecule has 0 fully saturated rings. The van der Waals surface area contributed by atoms with Gasteiger partial charge in [-0.05, 0) is 51.5 Å². The minimum absolute atomic E-state index is 0.0493. The zero-order chi connectivity index (χ0) is 20.6. The van der Waals surface area contributed by atoms with E-state index in [0.29, 0.717) is 11.3 Å². The third-order valence-corrected chi connectivity index (χ3v) is 6.07. The zero-order valence-electron chi connectivity index (χ0n) is 17.2. The topological polar surface area (TPSA) is 84.3 Å². The Bertz CT molecular complexity index is 970. The van der Waals surface area contributed by atoms with Gasteiger partial charge in [0.1, 0.15) is 11.4 Å². The van der Waals surface area contributed by atoms with Crippen LogP contribution in [0.15, 0.2) is 11.1 Å². The number of rotatable bonds is 4. The number of nitrogens with zero attached hydrogens (tertiary/aromatic N) is 3. The van der Waals surface area contributed by atoms with E-state index in [0.717, 1.165) is 29.7 Å². The third kappa shape index (κ3) is 4.43. The van der Waals surface area contributed by atoms with Gasteiger partial charge in [0.2, 0.25) is 11.8 Å². The van der Waals surface area contributed by atoms with Gasteiger partial charge in [0.05, 0.1) is 18.3 Å². The summed E-state index contributed by atoms with van der Waals surface area (Å²) in [4.78, 5) is 45.3. The quantitative estimate of drug-likeness (QED) is 0.844. The summed E-state index contributed by atoms with van der Waals surface area (Å²) in [6.07, 6.45) is 4.38. The van der Waals surface area contributed by atoms with Crippen LogP contribution in [0.1, 0.15) is 44.6 Å². The van der Waals surface area contributed by atoms with E-state index in [1.54, 1.807) is 18.4 Å². The molecule has 2 aromatic heterocycles. The molecule has 152 valence electrons. The first kappa shape index (κ1) is 20.5. The first-order valence-electron chi connectivity index (χ1n) is 9.60. The molecule has 7 nitrogen and oxygen atoms in total. The van der Waals surface area contributed by atoms with E-state index in [1.807, 2.05) is 20.8 Å². The van der Waals surface area contributed by atoms with Gasteiger partial charge in [-0.25, -0.2) is 4.98 Å². The molecule has 0 saturated carbocycles. The van der Waals surface area contributed by atoms with Crippen LogP contribution in [-0.2, 0) is 29.0 Å². The van der Waals surface area contributed by atoms with E-state index >= 15 is 0 Å².